The van der Waals surface area contributed by atoms with Crippen molar-refractivity contribution in [2.24, 2.45) is 0 Å². The highest BCUT2D eigenvalue weighted by atomic mass is 16.6. The Labute approximate surface area is 180 Å². The standard InChI is InChI=1S/C25H48O4/c1-3-5-6-7-8-9-10-11-12-13-14-15-16-17-18-19-20-21-22-29-25(27)23-24(26)28-4-2/h3-23H2,1-2H3. The number of rotatable bonds is 22. The Hall–Kier alpha value is -1.06. The van der Waals surface area contributed by atoms with E-state index in [4.69, 9.17) is 9.47 Å². The van der Waals surface area contributed by atoms with Crippen molar-refractivity contribution in [3.05, 3.63) is 0 Å². The van der Waals surface area contributed by atoms with E-state index < -0.39 is 11.9 Å². The lowest BCUT2D eigenvalue weighted by molar-refractivity contribution is -0.154. The first-order valence-electron chi connectivity index (χ1n) is 12.5. The Morgan fingerprint density at radius 2 is 0.828 bits per heavy atom. The summed E-state index contributed by atoms with van der Waals surface area (Å²) in [5.74, 6) is -0.981. The maximum absolute atomic E-state index is 11.4. The van der Waals surface area contributed by atoms with Crippen LogP contribution in [0.3, 0.4) is 0 Å². The molecule has 4 nitrogen and oxygen atoms in total. The molecule has 0 saturated carbocycles. The molecule has 0 radical (unpaired) electrons. The van der Waals surface area contributed by atoms with Crippen molar-refractivity contribution in [3.63, 3.8) is 0 Å². The smallest absolute Gasteiger partial charge is 0.317 e. The van der Waals surface area contributed by atoms with Crippen LogP contribution in [-0.4, -0.2) is 25.2 Å². The molecule has 0 aliphatic rings. The topological polar surface area (TPSA) is 52.6 Å². The van der Waals surface area contributed by atoms with Gasteiger partial charge in [0.1, 0.15) is 6.42 Å². The lowest BCUT2D eigenvalue weighted by atomic mass is 10.0. The van der Waals surface area contributed by atoms with Crippen LogP contribution >= 0.6 is 0 Å². The van der Waals surface area contributed by atoms with Crippen LogP contribution in [0.1, 0.15) is 136 Å². The van der Waals surface area contributed by atoms with Crippen LogP contribution in [0, 0.1) is 0 Å². The zero-order valence-electron chi connectivity index (χ0n) is 19.5. The summed E-state index contributed by atoms with van der Waals surface area (Å²) in [6, 6.07) is 0. The monoisotopic (exact) mass is 412 g/mol. The summed E-state index contributed by atoms with van der Waals surface area (Å²) in [6.45, 7) is 4.71. The molecule has 0 atom stereocenters. The molecule has 0 fully saturated rings. The molecular weight excluding hydrogens is 364 g/mol. The zero-order chi connectivity index (χ0) is 21.4. The number of ether oxygens (including phenoxy) is 2. The van der Waals surface area contributed by atoms with Crippen molar-refractivity contribution in [1.82, 2.24) is 0 Å². The maximum atomic E-state index is 11.4. The summed E-state index contributed by atoms with van der Waals surface area (Å²) in [6.07, 6.45) is 23.8. The number of hydrogen-bond acceptors (Lipinski definition) is 4. The SMILES string of the molecule is CCCCCCCCCCCCCCCCCCCCOC(=O)CC(=O)OCC. The van der Waals surface area contributed by atoms with E-state index in [0.29, 0.717) is 13.2 Å². The molecule has 0 N–H and O–H groups in total. The third kappa shape index (κ3) is 23.1. The van der Waals surface area contributed by atoms with Crippen molar-refractivity contribution < 1.29 is 19.1 Å². The molecule has 0 unspecified atom stereocenters. The van der Waals surface area contributed by atoms with Crippen LogP contribution in [0.4, 0.5) is 0 Å². The molecule has 0 aliphatic heterocycles. The zero-order valence-corrected chi connectivity index (χ0v) is 19.5. The highest BCUT2D eigenvalue weighted by molar-refractivity contribution is 5.91. The van der Waals surface area contributed by atoms with Crippen LogP contribution in [0.25, 0.3) is 0 Å². The minimum atomic E-state index is -0.504. The normalized spacial score (nSPS) is 10.8. The fourth-order valence-electron chi connectivity index (χ4n) is 3.57. The number of unbranched alkanes of at least 4 members (excludes halogenated alkanes) is 17. The Morgan fingerprint density at radius 3 is 1.21 bits per heavy atom. The Bertz CT molecular complexity index is 368. The Morgan fingerprint density at radius 1 is 0.483 bits per heavy atom. The van der Waals surface area contributed by atoms with E-state index in [9.17, 15) is 9.59 Å². The molecule has 0 rings (SSSR count). The van der Waals surface area contributed by atoms with Crippen LogP contribution in [0.15, 0.2) is 0 Å². The van der Waals surface area contributed by atoms with E-state index in [1.54, 1.807) is 6.92 Å². The molecule has 0 spiro atoms. The molecule has 0 bridgehead atoms. The van der Waals surface area contributed by atoms with E-state index in [1.165, 1.54) is 103 Å². The fourth-order valence-corrected chi connectivity index (χ4v) is 3.57. The number of carbonyl (C=O) groups is 2. The van der Waals surface area contributed by atoms with Gasteiger partial charge < -0.3 is 9.47 Å². The molecule has 0 saturated heterocycles. The van der Waals surface area contributed by atoms with Gasteiger partial charge in [-0.05, 0) is 13.3 Å². The van der Waals surface area contributed by atoms with E-state index >= 15 is 0 Å². The van der Waals surface area contributed by atoms with E-state index in [2.05, 4.69) is 6.92 Å². The van der Waals surface area contributed by atoms with Gasteiger partial charge in [-0.3, -0.25) is 9.59 Å². The van der Waals surface area contributed by atoms with Gasteiger partial charge >= 0.3 is 11.9 Å². The third-order valence-electron chi connectivity index (χ3n) is 5.35. The summed E-state index contributed by atoms with van der Waals surface area (Å²) in [7, 11) is 0. The van der Waals surface area contributed by atoms with Crippen molar-refractivity contribution in [1.29, 1.82) is 0 Å². The van der Waals surface area contributed by atoms with Gasteiger partial charge in [0.25, 0.3) is 0 Å². The maximum Gasteiger partial charge on any atom is 0.317 e. The highest BCUT2D eigenvalue weighted by Gasteiger charge is 2.10. The third-order valence-corrected chi connectivity index (χ3v) is 5.35. The van der Waals surface area contributed by atoms with Crippen molar-refractivity contribution >= 4 is 11.9 Å². The fraction of sp³-hybridized carbons (Fsp3) is 0.920. The second-order valence-corrected chi connectivity index (χ2v) is 8.21. The summed E-state index contributed by atoms with van der Waals surface area (Å²) in [5.41, 5.74) is 0. The number of hydrogen-bond donors (Lipinski definition) is 0. The molecule has 4 heteroatoms. The predicted octanol–water partition coefficient (Wildman–Crippen LogP) is 7.52. The molecule has 0 amide bonds. The Balaban J connectivity index is 3.13. The molecule has 0 aromatic rings. The van der Waals surface area contributed by atoms with Crippen LogP contribution in [-0.2, 0) is 19.1 Å². The first kappa shape index (κ1) is 27.9. The summed E-state index contributed by atoms with van der Waals surface area (Å²) in [4.78, 5) is 22.5. The number of carbonyl (C=O) groups excluding carboxylic acids is 2. The lowest BCUT2D eigenvalue weighted by Gasteiger charge is -2.05. The second-order valence-electron chi connectivity index (χ2n) is 8.21. The van der Waals surface area contributed by atoms with E-state index in [-0.39, 0.29) is 6.42 Å². The molecule has 0 heterocycles. The van der Waals surface area contributed by atoms with Gasteiger partial charge in [0.05, 0.1) is 13.2 Å². The largest absolute Gasteiger partial charge is 0.466 e. The van der Waals surface area contributed by atoms with Crippen LogP contribution in [0.5, 0.6) is 0 Å². The molecule has 0 aromatic carbocycles. The second kappa shape index (κ2) is 23.2. The molecule has 0 aromatic heterocycles. The summed E-state index contributed by atoms with van der Waals surface area (Å²) in [5, 5.41) is 0. The van der Waals surface area contributed by atoms with Crippen LogP contribution < -0.4 is 0 Å². The molecule has 172 valence electrons. The minimum Gasteiger partial charge on any atom is -0.466 e. The predicted molar refractivity (Wildman–Crippen MR) is 121 cm³/mol. The lowest BCUT2D eigenvalue weighted by Crippen LogP contribution is -2.14. The minimum absolute atomic E-state index is 0.271. The first-order valence-corrected chi connectivity index (χ1v) is 12.5. The van der Waals surface area contributed by atoms with Gasteiger partial charge in [0.2, 0.25) is 0 Å². The average molecular weight is 413 g/mol. The van der Waals surface area contributed by atoms with Gasteiger partial charge in [0.15, 0.2) is 0 Å². The molecule has 0 aliphatic carbocycles. The first-order chi connectivity index (χ1) is 14.2. The van der Waals surface area contributed by atoms with Gasteiger partial charge in [-0.25, -0.2) is 0 Å². The molecular formula is C25H48O4. The summed E-state index contributed by atoms with van der Waals surface area (Å²) >= 11 is 0. The van der Waals surface area contributed by atoms with Crippen molar-refractivity contribution in [2.75, 3.05) is 13.2 Å². The summed E-state index contributed by atoms with van der Waals surface area (Å²) < 4.78 is 9.76. The number of esters is 2. The van der Waals surface area contributed by atoms with Gasteiger partial charge in [-0.1, -0.05) is 116 Å². The van der Waals surface area contributed by atoms with Crippen molar-refractivity contribution in [2.45, 2.75) is 136 Å². The van der Waals surface area contributed by atoms with Gasteiger partial charge in [-0.2, -0.15) is 0 Å². The quantitative estimate of drug-likeness (QED) is 0.105. The van der Waals surface area contributed by atoms with Gasteiger partial charge in [0, 0.05) is 0 Å². The van der Waals surface area contributed by atoms with Crippen molar-refractivity contribution in [3.8, 4) is 0 Å². The highest BCUT2D eigenvalue weighted by Crippen LogP contribution is 2.14. The Kier molecular flexibility index (Phi) is 22.4. The van der Waals surface area contributed by atoms with Crippen LogP contribution in [0.2, 0.25) is 0 Å². The average Bonchev–Trinajstić information content (AvgIpc) is 2.70. The van der Waals surface area contributed by atoms with E-state index in [0.717, 1.165) is 12.8 Å². The van der Waals surface area contributed by atoms with Gasteiger partial charge in [-0.15, -0.1) is 0 Å². The molecule has 29 heavy (non-hydrogen) atoms. The van der Waals surface area contributed by atoms with E-state index in [1.807, 2.05) is 0 Å².